The largest absolute Gasteiger partial charge is 0.481 e. The first kappa shape index (κ1) is 9.71. The van der Waals surface area contributed by atoms with Crippen LogP contribution in [0.2, 0.25) is 0 Å². The molecule has 4 heteroatoms. The van der Waals surface area contributed by atoms with Crippen LogP contribution < -0.4 is 0 Å². The first-order valence-corrected chi connectivity index (χ1v) is 4.65. The van der Waals surface area contributed by atoms with Crippen LogP contribution in [0, 0.1) is 0 Å². The molecule has 0 amide bonds. The molecule has 0 spiro atoms. The van der Waals surface area contributed by atoms with Gasteiger partial charge in [-0.05, 0) is 17.5 Å². The standard InChI is InChI=1S/C11H10O4/c12-10(13)8-5-9(11(14)15)7-4-2-1-3-6(7)8/h1-4,8-9H,5H2,(H,12,13)(H,14,15). The van der Waals surface area contributed by atoms with Crippen molar-refractivity contribution in [2.75, 3.05) is 0 Å². The summed E-state index contributed by atoms with van der Waals surface area (Å²) in [6, 6.07) is 6.85. The van der Waals surface area contributed by atoms with Crippen LogP contribution in [-0.4, -0.2) is 22.2 Å². The van der Waals surface area contributed by atoms with Crippen molar-refractivity contribution in [3.63, 3.8) is 0 Å². The van der Waals surface area contributed by atoms with Crippen molar-refractivity contribution in [2.24, 2.45) is 0 Å². The van der Waals surface area contributed by atoms with Crippen LogP contribution in [0.5, 0.6) is 0 Å². The van der Waals surface area contributed by atoms with E-state index in [1.807, 2.05) is 0 Å². The number of carboxylic acids is 2. The molecule has 2 N–H and O–H groups in total. The zero-order valence-electron chi connectivity index (χ0n) is 7.88. The highest BCUT2D eigenvalue weighted by Gasteiger charge is 2.38. The number of benzene rings is 1. The van der Waals surface area contributed by atoms with Crippen LogP contribution in [0.25, 0.3) is 0 Å². The molecule has 2 unspecified atom stereocenters. The average Bonchev–Trinajstić information content (AvgIpc) is 2.56. The first-order chi connectivity index (χ1) is 7.11. The van der Waals surface area contributed by atoms with Crippen molar-refractivity contribution in [3.05, 3.63) is 35.4 Å². The Labute approximate surface area is 86.2 Å². The van der Waals surface area contributed by atoms with E-state index in [9.17, 15) is 9.59 Å². The van der Waals surface area contributed by atoms with Gasteiger partial charge >= 0.3 is 11.9 Å². The third kappa shape index (κ3) is 1.48. The maximum Gasteiger partial charge on any atom is 0.311 e. The van der Waals surface area contributed by atoms with Gasteiger partial charge in [-0.1, -0.05) is 24.3 Å². The minimum absolute atomic E-state index is 0.157. The van der Waals surface area contributed by atoms with Gasteiger partial charge in [0.1, 0.15) is 0 Å². The topological polar surface area (TPSA) is 74.6 Å². The molecule has 0 fully saturated rings. The number of fused-ring (bicyclic) bond motifs is 1. The molecule has 15 heavy (non-hydrogen) atoms. The van der Waals surface area contributed by atoms with Gasteiger partial charge in [0.25, 0.3) is 0 Å². The summed E-state index contributed by atoms with van der Waals surface area (Å²) in [4.78, 5) is 21.9. The van der Waals surface area contributed by atoms with Crippen LogP contribution in [0.3, 0.4) is 0 Å². The molecule has 1 aliphatic rings. The fourth-order valence-corrected chi connectivity index (χ4v) is 2.10. The van der Waals surface area contributed by atoms with Gasteiger partial charge in [-0.2, -0.15) is 0 Å². The van der Waals surface area contributed by atoms with Crippen LogP contribution in [-0.2, 0) is 9.59 Å². The number of aliphatic carboxylic acids is 2. The Morgan fingerprint density at radius 3 is 1.73 bits per heavy atom. The second-order valence-electron chi connectivity index (χ2n) is 3.65. The van der Waals surface area contributed by atoms with Crippen LogP contribution in [0.4, 0.5) is 0 Å². The van der Waals surface area contributed by atoms with E-state index in [0.717, 1.165) is 0 Å². The van der Waals surface area contributed by atoms with E-state index in [4.69, 9.17) is 10.2 Å². The molecule has 0 radical (unpaired) electrons. The number of rotatable bonds is 2. The summed E-state index contributed by atoms with van der Waals surface area (Å²) in [6.45, 7) is 0. The fourth-order valence-electron chi connectivity index (χ4n) is 2.10. The van der Waals surface area contributed by atoms with E-state index < -0.39 is 23.8 Å². The normalized spacial score (nSPS) is 23.5. The monoisotopic (exact) mass is 206 g/mol. The summed E-state index contributed by atoms with van der Waals surface area (Å²) in [7, 11) is 0. The van der Waals surface area contributed by atoms with Crippen molar-refractivity contribution in [1.29, 1.82) is 0 Å². The minimum atomic E-state index is -0.953. The Bertz CT molecular complexity index is 385. The van der Waals surface area contributed by atoms with E-state index in [2.05, 4.69) is 0 Å². The highest BCUT2D eigenvalue weighted by atomic mass is 16.4. The van der Waals surface area contributed by atoms with Crippen LogP contribution >= 0.6 is 0 Å². The molecule has 1 aromatic carbocycles. The van der Waals surface area contributed by atoms with E-state index in [1.165, 1.54) is 0 Å². The maximum absolute atomic E-state index is 10.9. The molecule has 4 nitrogen and oxygen atoms in total. The minimum Gasteiger partial charge on any atom is -0.481 e. The SMILES string of the molecule is O=C(O)C1CC(C(=O)O)c2ccccc21. The molecule has 0 aromatic heterocycles. The highest BCUT2D eigenvalue weighted by molar-refractivity contribution is 5.85. The predicted octanol–water partition coefficient (Wildman–Crippen LogP) is 1.43. The summed E-state index contributed by atoms with van der Waals surface area (Å²) >= 11 is 0. The zero-order chi connectivity index (χ0) is 11.0. The Morgan fingerprint density at radius 2 is 1.40 bits per heavy atom. The molecule has 0 aliphatic heterocycles. The third-order valence-electron chi connectivity index (χ3n) is 2.81. The number of carboxylic acid groups (broad SMARTS) is 2. The summed E-state index contributed by atoms with van der Waals surface area (Å²) in [5.74, 6) is -3.26. The quantitative estimate of drug-likeness (QED) is 0.767. The maximum atomic E-state index is 10.9. The molecular weight excluding hydrogens is 196 g/mol. The molecule has 78 valence electrons. The van der Waals surface area contributed by atoms with E-state index in [-0.39, 0.29) is 6.42 Å². The smallest absolute Gasteiger partial charge is 0.311 e. The lowest BCUT2D eigenvalue weighted by atomic mass is 10.0. The zero-order valence-corrected chi connectivity index (χ0v) is 7.88. The Hall–Kier alpha value is -1.84. The Kier molecular flexibility index (Phi) is 2.19. The van der Waals surface area contributed by atoms with Gasteiger partial charge in [0.05, 0.1) is 11.8 Å². The summed E-state index contributed by atoms with van der Waals surface area (Å²) < 4.78 is 0. The molecule has 2 atom stereocenters. The average molecular weight is 206 g/mol. The number of hydrogen-bond acceptors (Lipinski definition) is 2. The third-order valence-corrected chi connectivity index (χ3v) is 2.81. The van der Waals surface area contributed by atoms with Crippen LogP contribution in [0.1, 0.15) is 29.4 Å². The van der Waals surface area contributed by atoms with Gasteiger partial charge < -0.3 is 10.2 Å². The fraction of sp³-hybridized carbons (Fsp3) is 0.273. The van der Waals surface area contributed by atoms with Crippen LogP contribution in [0.15, 0.2) is 24.3 Å². The Morgan fingerprint density at radius 1 is 1.00 bits per heavy atom. The van der Waals surface area contributed by atoms with Gasteiger partial charge in [0.2, 0.25) is 0 Å². The van der Waals surface area contributed by atoms with Gasteiger partial charge in [-0.3, -0.25) is 9.59 Å². The number of carbonyl (C=O) groups is 2. The van der Waals surface area contributed by atoms with Crippen molar-refractivity contribution in [1.82, 2.24) is 0 Å². The molecule has 0 bridgehead atoms. The van der Waals surface area contributed by atoms with Gasteiger partial charge in [-0.15, -0.1) is 0 Å². The lowest BCUT2D eigenvalue weighted by molar-refractivity contribution is -0.140. The Balaban J connectivity index is 2.48. The second kappa shape index (κ2) is 3.38. The van der Waals surface area contributed by atoms with E-state index in [1.54, 1.807) is 24.3 Å². The van der Waals surface area contributed by atoms with Crippen molar-refractivity contribution >= 4 is 11.9 Å². The number of hydrogen-bond donors (Lipinski definition) is 2. The predicted molar refractivity (Wildman–Crippen MR) is 51.8 cm³/mol. The molecule has 0 saturated heterocycles. The summed E-state index contributed by atoms with van der Waals surface area (Å²) in [5, 5.41) is 17.9. The first-order valence-electron chi connectivity index (χ1n) is 4.65. The van der Waals surface area contributed by atoms with Gasteiger partial charge in [0, 0.05) is 0 Å². The molecule has 2 rings (SSSR count). The van der Waals surface area contributed by atoms with Gasteiger partial charge in [-0.25, -0.2) is 0 Å². The lowest BCUT2D eigenvalue weighted by Crippen LogP contribution is -2.11. The van der Waals surface area contributed by atoms with Crippen molar-refractivity contribution < 1.29 is 19.8 Å². The molecule has 0 saturated carbocycles. The summed E-state index contributed by atoms with van der Waals surface area (Å²) in [6.07, 6.45) is 0.157. The van der Waals surface area contributed by atoms with E-state index >= 15 is 0 Å². The highest BCUT2D eigenvalue weighted by Crippen LogP contribution is 2.41. The van der Waals surface area contributed by atoms with Crippen molar-refractivity contribution in [2.45, 2.75) is 18.3 Å². The molecule has 0 heterocycles. The van der Waals surface area contributed by atoms with E-state index in [0.29, 0.717) is 11.1 Å². The lowest BCUT2D eigenvalue weighted by Gasteiger charge is -2.03. The van der Waals surface area contributed by atoms with Crippen molar-refractivity contribution in [3.8, 4) is 0 Å². The summed E-state index contributed by atoms with van der Waals surface area (Å²) in [5.41, 5.74) is 1.27. The molecule has 1 aromatic rings. The second-order valence-corrected chi connectivity index (χ2v) is 3.65. The molecule has 1 aliphatic carbocycles. The van der Waals surface area contributed by atoms with Gasteiger partial charge in [0.15, 0.2) is 0 Å². The molecular formula is C11H10O4.